The van der Waals surface area contributed by atoms with Crippen molar-refractivity contribution in [2.24, 2.45) is 4.99 Å². The van der Waals surface area contributed by atoms with Crippen LogP contribution < -0.4 is 15.4 Å². The molecule has 29 heavy (non-hydrogen) atoms. The van der Waals surface area contributed by atoms with Crippen LogP contribution in [-0.2, 0) is 19.5 Å². The number of rotatable bonds is 8. The van der Waals surface area contributed by atoms with Crippen LogP contribution in [0.2, 0.25) is 0 Å². The predicted molar refractivity (Wildman–Crippen MR) is 104 cm³/mol. The Hall–Kier alpha value is -2.75. The van der Waals surface area contributed by atoms with Gasteiger partial charge >= 0.3 is 6.61 Å². The number of aliphatic imine (C=N–C) groups is 1. The molecule has 1 aromatic heterocycles. The molecule has 0 fully saturated rings. The van der Waals surface area contributed by atoms with E-state index in [2.05, 4.69) is 35.1 Å². The monoisotopic (exact) mass is 408 g/mol. The summed E-state index contributed by atoms with van der Waals surface area (Å²) in [6.45, 7) is 1.26. The molecule has 1 aliphatic heterocycles. The third-order valence-electron chi connectivity index (χ3n) is 4.61. The first-order chi connectivity index (χ1) is 14.1. The molecular weight excluding hydrogens is 382 g/mol. The van der Waals surface area contributed by atoms with E-state index in [-0.39, 0.29) is 12.3 Å². The molecule has 158 valence electrons. The first-order valence-corrected chi connectivity index (χ1v) is 9.72. The maximum Gasteiger partial charge on any atom is 0.387 e. The summed E-state index contributed by atoms with van der Waals surface area (Å²) in [6, 6.07) is 5.91. The Kier molecular flexibility index (Phi) is 7.34. The Balaban J connectivity index is 1.57. The highest BCUT2D eigenvalue weighted by Gasteiger charge is 2.15. The number of halogens is 2. The number of hydrogen-bond donors (Lipinski definition) is 3. The number of alkyl halides is 2. The smallest absolute Gasteiger partial charge is 0.387 e. The van der Waals surface area contributed by atoms with Gasteiger partial charge in [-0.1, -0.05) is 12.1 Å². The minimum absolute atomic E-state index is 0.0513. The average Bonchev–Trinajstić information content (AvgIpc) is 3.13. The SMILES string of the molecule is CCNC(=NCc1nnc2n1CCCC2)NCC(O)c1ccc(OC(F)F)cc1. The zero-order chi connectivity index (χ0) is 20.6. The second-order valence-corrected chi connectivity index (χ2v) is 6.68. The quantitative estimate of drug-likeness (QED) is 0.457. The van der Waals surface area contributed by atoms with E-state index < -0.39 is 12.7 Å². The molecule has 1 aromatic carbocycles. The Morgan fingerprint density at radius 1 is 1.24 bits per heavy atom. The van der Waals surface area contributed by atoms with Gasteiger partial charge in [-0.2, -0.15) is 8.78 Å². The van der Waals surface area contributed by atoms with Crippen molar-refractivity contribution in [3.05, 3.63) is 41.5 Å². The summed E-state index contributed by atoms with van der Waals surface area (Å²) in [5.74, 6) is 2.44. The van der Waals surface area contributed by atoms with Crippen molar-refractivity contribution in [3.63, 3.8) is 0 Å². The molecule has 3 N–H and O–H groups in total. The van der Waals surface area contributed by atoms with Gasteiger partial charge in [0.05, 0.1) is 6.10 Å². The number of nitrogens with one attached hydrogen (secondary N) is 2. The molecule has 8 nitrogen and oxygen atoms in total. The second-order valence-electron chi connectivity index (χ2n) is 6.68. The number of ether oxygens (including phenoxy) is 1. The largest absolute Gasteiger partial charge is 0.435 e. The van der Waals surface area contributed by atoms with E-state index in [1.165, 1.54) is 12.1 Å². The maximum absolute atomic E-state index is 12.2. The average molecular weight is 408 g/mol. The van der Waals surface area contributed by atoms with E-state index in [0.717, 1.165) is 37.5 Å². The lowest BCUT2D eigenvalue weighted by Crippen LogP contribution is -2.39. The number of aliphatic hydroxyl groups is 1. The zero-order valence-electron chi connectivity index (χ0n) is 16.3. The Labute approximate surface area is 168 Å². The first kappa shape index (κ1) is 21.0. The van der Waals surface area contributed by atoms with Gasteiger partial charge in [0.1, 0.15) is 18.1 Å². The van der Waals surface area contributed by atoms with Gasteiger partial charge in [0.15, 0.2) is 11.8 Å². The molecule has 2 aromatic rings. The molecule has 0 aliphatic carbocycles. The summed E-state index contributed by atoms with van der Waals surface area (Å²) in [5.41, 5.74) is 0.585. The number of benzene rings is 1. The van der Waals surface area contributed by atoms with Crippen LogP contribution in [0.3, 0.4) is 0 Å². The molecular formula is C19H26F2N6O2. The molecule has 0 saturated heterocycles. The molecule has 0 radical (unpaired) electrons. The number of aromatic nitrogens is 3. The number of nitrogens with zero attached hydrogens (tertiary/aromatic N) is 4. The normalized spacial score (nSPS) is 15.1. The van der Waals surface area contributed by atoms with E-state index in [4.69, 9.17) is 0 Å². The van der Waals surface area contributed by atoms with Crippen molar-refractivity contribution in [3.8, 4) is 5.75 Å². The molecule has 1 atom stereocenters. The maximum atomic E-state index is 12.2. The number of hydrogen-bond acceptors (Lipinski definition) is 5. The van der Waals surface area contributed by atoms with Crippen molar-refractivity contribution in [1.82, 2.24) is 25.4 Å². The van der Waals surface area contributed by atoms with Gasteiger partial charge in [-0.05, 0) is 37.5 Å². The van der Waals surface area contributed by atoms with Crippen molar-refractivity contribution < 1.29 is 18.6 Å². The summed E-state index contributed by atoms with van der Waals surface area (Å²) in [7, 11) is 0. The molecule has 0 bridgehead atoms. The van der Waals surface area contributed by atoms with E-state index in [1.807, 2.05) is 6.92 Å². The summed E-state index contributed by atoms with van der Waals surface area (Å²) in [5, 5.41) is 25.0. The topological polar surface area (TPSA) is 96.6 Å². The van der Waals surface area contributed by atoms with E-state index >= 15 is 0 Å². The number of guanidine groups is 1. The van der Waals surface area contributed by atoms with Crippen LogP contribution in [0.15, 0.2) is 29.3 Å². The van der Waals surface area contributed by atoms with Gasteiger partial charge in [-0.15, -0.1) is 10.2 Å². The zero-order valence-corrected chi connectivity index (χ0v) is 16.3. The van der Waals surface area contributed by atoms with Crippen molar-refractivity contribution >= 4 is 5.96 Å². The summed E-state index contributed by atoms with van der Waals surface area (Å²) in [4.78, 5) is 4.53. The van der Waals surface area contributed by atoms with Gasteiger partial charge in [0.2, 0.25) is 0 Å². The van der Waals surface area contributed by atoms with Gasteiger partial charge in [0.25, 0.3) is 0 Å². The van der Waals surface area contributed by atoms with Crippen LogP contribution in [0.25, 0.3) is 0 Å². The molecule has 1 unspecified atom stereocenters. The Morgan fingerprint density at radius 3 is 2.76 bits per heavy atom. The highest BCUT2D eigenvalue weighted by Crippen LogP contribution is 2.19. The molecule has 0 spiro atoms. The van der Waals surface area contributed by atoms with Crippen molar-refractivity contribution in [2.75, 3.05) is 13.1 Å². The third kappa shape index (κ3) is 5.86. The summed E-state index contributed by atoms with van der Waals surface area (Å²) in [6.07, 6.45) is 2.37. The van der Waals surface area contributed by atoms with Crippen LogP contribution in [0, 0.1) is 0 Å². The van der Waals surface area contributed by atoms with Crippen LogP contribution in [-0.4, -0.2) is 45.5 Å². The molecule has 3 rings (SSSR count). The molecule has 10 heteroatoms. The molecule has 2 heterocycles. The van der Waals surface area contributed by atoms with Gasteiger partial charge in [0, 0.05) is 26.1 Å². The van der Waals surface area contributed by atoms with E-state index in [1.54, 1.807) is 12.1 Å². The van der Waals surface area contributed by atoms with Gasteiger partial charge in [-0.25, -0.2) is 4.99 Å². The summed E-state index contributed by atoms with van der Waals surface area (Å²) < 4.78 is 30.9. The highest BCUT2D eigenvalue weighted by molar-refractivity contribution is 5.79. The summed E-state index contributed by atoms with van der Waals surface area (Å²) >= 11 is 0. The first-order valence-electron chi connectivity index (χ1n) is 9.72. The highest BCUT2D eigenvalue weighted by atomic mass is 19.3. The Morgan fingerprint density at radius 2 is 2.03 bits per heavy atom. The number of aryl methyl sites for hydroxylation is 1. The minimum atomic E-state index is -2.87. The Bertz CT molecular complexity index is 810. The fourth-order valence-electron chi connectivity index (χ4n) is 3.16. The molecule has 0 saturated carbocycles. The van der Waals surface area contributed by atoms with Crippen LogP contribution >= 0.6 is 0 Å². The lowest BCUT2D eigenvalue weighted by Gasteiger charge is -2.16. The van der Waals surface area contributed by atoms with Crippen LogP contribution in [0.4, 0.5) is 8.78 Å². The van der Waals surface area contributed by atoms with E-state index in [9.17, 15) is 13.9 Å². The van der Waals surface area contributed by atoms with Gasteiger partial charge in [-0.3, -0.25) is 0 Å². The van der Waals surface area contributed by atoms with Gasteiger partial charge < -0.3 is 25.0 Å². The number of aliphatic hydroxyl groups excluding tert-OH is 1. The van der Waals surface area contributed by atoms with Crippen molar-refractivity contribution in [1.29, 1.82) is 0 Å². The number of fused-ring (bicyclic) bond motifs is 1. The predicted octanol–water partition coefficient (Wildman–Crippen LogP) is 2.00. The third-order valence-corrected chi connectivity index (χ3v) is 4.61. The minimum Gasteiger partial charge on any atom is -0.435 e. The van der Waals surface area contributed by atoms with Crippen molar-refractivity contribution in [2.45, 2.75) is 52.0 Å². The molecule has 0 amide bonds. The van der Waals surface area contributed by atoms with Crippen LogP contribution in [0.1, 0.15) is 43.1 Å². The molecule has 1 aliphatic rings. The van der Waals surface area contributed by atoms with Crippen LogP contribution in [0.5, 0.6) is 5.75 Å². The lowest BCUT2D eigenvalue weighted by molar-refractivity contribution is -0.0498. The standard InChI is InChI=1S/C19H26F2N6O2/c1-2-22-19(24-12-17-26-25-16-5-3-4-10-27(16)17)23-11-15(28)13-6-8-14(9-7-13)29-18(20)21/h6-9,15,18,28H,2-5,10-12H2,1H3,(H2,22,23,24). The fraction of sp³-hybridized carbons (Fsp3) is 0.526. The van der Waals surface area contributed by atoms with E-state index in [0.29, 0.717) is 24.6 Å². The lowest BCUT2D eigenvalue weighted by atomic mass is 10.1. The fourth-order valence-corrected chi connectivity index (χ4v) is 3.16. The second kappa shape index (κ2) is 10.1.